The Hall–Kier alpha value is -2.73. The number of carbonyl (C=O) groups is 3. The molecular formula is C24H20BrNO4. The number of benzene rings is 2. The highest BCUT2D eigenvalue weighted by molar-refractivity contribution is 9.10. The van der Waals surface area contributed by atoms with Crippen LogP contribution in [0.15, 0.2) is 64.7 Å². The number of imide groups is 1. The van der Waals surface area contributed by atoms with E-state index in [0.717, 1.165) is 16.5 Å². The van der Waals surface area contributed by atoms with Gasteiger partial charge in [-0.15, -0.1) is 0 Å². The van der Waals surface area contributed by atoms with E-state index < -0.39 is 5.97 Å². The van der Waals surface area contributed by atoms with E-state index in [1.165, 1.54) is 10.5 Å². The molecule has 1 saturated carbocycles. The molecule has 2 aromatic rings. The summed E-state index contributed by atoms with van der Waals surface area (Å²) in [6, 6.07) is 14.0. The number of anilines is 1. The summed E-state index contributed by atoms with van der Waals surface area (Å²) in [6.45, 7) is 2.23. The second-order valence-electron chi connectivity index (χ2n) is 8.23. The smallest absolute Gasteiger partial charge is 0.338 e. The number of hydrogen-bond acceptors (Lipinski definition) is 4. The Balaban J connectivity index is 1.28. The maximum atomic E-state index is 13.0. The number of esters is 1. The van der Waals surface area contributed by atoms with Crippen LogP contribution in [-0.2, 0) is 20.9 Å². The largest absolute Gasteiger partial charge is 0.457 e. The van der Waals surface area contributed by atoms with Crippen LogP contribution in [0, 0.1) is 23.7 Å². The molecule has 2 amide bonds. The van der Waals surface area contributed by atoms with Crippen LogP contribution in [0.3, 0.4) is 0 Å². The monoisotopic (exact) mass is 465 g/mol. The van der Waals surface area contributed by atoms with Crippen molar-refractivity contribution in [3.8, 4) is 0 Å². The van der Waals surface area contributed by atoms with Crippen molar-refractivity contribution in [1.82, 2.24) is 0 Å². The van der Waals surface area contributed by atoms with Crippen LogP contribution in [0.2, 0.25) is 0 Å². The Kier molecular flexibility index (Phi) is 4.62. The molecule has 0 unspecified atom stereocenters. The third-order valence-electron chi connectivity index (χ3n) is 6.53. The zero-order valence-corrected chi connectivity index (χ0v) is 18.0. The highest BCUT2D eigenvalue weighted by atomic mass is 79.9. The molecule has 2 aromatic carbocycles. The number of carbonyl (C=O) groups excluding carboxylic acids is 3. The van der Waals surface area contributed by atoms with E-state index in [1.807, 2.05) is 24.3 Å². The van der Waals surface area contributed by atoms with Crippen LogP contribution in [0.1, 0.15) is 29.3 Å². The SMILES string of the molecule is CC1=C[C@H]2C[C@H]1[C@H]1C(=O)N(c3ccc(C(=O)OCc4ccc(Br)cc4)cc3)C(=O)[C@@H]12. The molecule has 4 atom stereocenters. The average Bonchev–Trinajstić information content (AvgIpc) is 3.38. The molecule has 6 heteroatoms. The van der Waals surface area contributed by atoms with Gasteiger partial charge in [0.2, 0.25) is 11.8 Å². The molecule has 2 fully saturated rings. The number of halogens is 1. The van der Waals surface area contributed by atoms with Gasteiger partial charge in [0.15, 0.2) is 0 Å². The lowest BCUT2D eigenvalue weighted by Crippen LogP contribution is -2.32. The third kappa shape index (κ3) is 3.01. The topological polar surface area (TPSA) is 63.7 Å². The Morgan fingerprint density at radius 1 is 1.03 bits per heavy atom. The van der Waals surface area contributed by atoms with E-state index in [0.29, 0.717) is 11.3 Å². The van der Waals surface area contributed by atoms with Crippen molar-refractivity contribution in [3.63, 3.8) is 0 Å². The minimum atomic E-state index is -0.446. The van der Waals surface area contributed by atoms with Crippen LogP contribution in [0.4, 0.5) is 5.69 Å². The number of amides is 2. The van der Waals surface area contributed by atoms with E-state index in [2.05, 4.69) is 28.9 Å². The van der Waals surface area contributed by atoms with Gasteiger partial charge in [-0.2, -0.15) is 0 Å². The predicted molar refractivity (Wildman–Crippen MR) is 115 cm³/mol. The van der Waals surface area contributed by atoms with Crippen molar-refractivity contribution in [3.05, 3.63) is 75.8 Å². The summed E-state index contributed by atoms with van der Waals surface area (Å²) in [4.78, 5) is 39.6. The first-order valence-electron chi connectivity index (χ1n) is 10.0. The molecule has 1 aliphatic heterocycles. The maximum Gasteiger partial charge on any atom is 0.338 e. The molecule has 0 aromatic heterocycles. The lowest BCUT2D eigenvalue weighted by atomic mass is 9.82. The molecule has 1 heterocycles. The van der Waals surface area contributed by atoms with Crippen LogP contribution in [0.25, 0.3) is 0 Å². The van der Waals surface area contributed by atoms with Crippen molar-refractivity contribution in [2.45, 2.75) is 20.0 Å². The fraction of sp³-hybridized carbons (Fsp3) is 0.292. The lowest BCUT2D eigenvalue weighted by molar-refractivity contribution is -0.123. The van der Waals surface area contributed by atoms with Gasteiger partial charge in [-0.25, -0.2) is 4.79 Å². The van der Waals surface area contributed by atoms with Crippen LogP contribution >= 0.6 is 15.9 Å². The highest BCUT2D eigenvalue weighted by Crippen LogP contribution is 2.55. The van der Waals surface area contributed by atoms with E-state index in [-0.39, 0.29) is 42.1 Å². The van der Waals surface area contributed by atoms with Crippen LogP contribution < -0.4 is 4.90 Å². The molecule has 2 bridgehead atoms. The Bertz CT molecular complexity index is 1070. The zero-order valence-electron chi connectivity index (χ0n) is 16.4. The first-order chi connectivity index (χ1) is 14.4. The summed E-state index contributed by atoms with van der Waals surface area (Å²) in [7, 11) is 0. The zero-order chi connectivity index (χ0) is 21.0. The molecule has 0 spiro atoms. The van der Waals surface area contributed by atoms with E-state index in [1.54, 1.807) is 24.3 Å². The highest BCUT2D eigenvalue weighted by Gasteiger charge is 2.60. The van der Waals surface area contributed by atoms with Gasteiger partial charge in [0.1, 0.15) is 6.61 Å². The number of hydrogen-bond donors (Lipinski definition) is 0. The van der Waals surface area contributed by atoms with Crippen LogP contribution in [0.5, 0.6) is 0 Å². The normalized spacial score (nSPS) is 26.7. The second-order valence-corrected chi connectivity index (χ2v) is 9.15. The first-order valence-corrected chi connectivity index (χ1v) is 10.8. The molecule has 0 N–H and O–H groups in total. The number of fused-ring (bicyclic) bond motifs is 5. The van der Waals surface area contributed by atoms with E-state index in [4.69, 9.17) is 4.74 Å². The van der Waals surface area contributed by atoms with Crippen molar-refractivity contribution in [2.75, 3.05) is 4.90 Å². The number of allylic oxidation sites excluding steroid dienone is 2. The third-order valence-corrected chi connectivity index (χ3v) is 7.05. The minimum absolute atomic E-state index is 0.115. The van der Waals surface area contributed by atoms with Gasteiger partial charge < -0.3 is 4.74 Å². The van der Waals surface area contributed by atoms with Gasteiger partial charge in [0.05, 0.1) is 23.1 Å². The Morgan fingerprint density at radius 2 is 1.70 bits per heavy atom. The summed E-state index contributed by atoms with van der Waals surface area (Å²) >= 11 is 3.37. The number of nitrogens with zero attached hydrogens (tertiary/aromatic N) is 1. The quantitative estimate of drug-likeness (QED) is 0.378. The molecule has 30 heavy (non-hydrogen) atoms. The average molecular weight is 466 g/mol. The number of rotatable bonds is 4. The molecule has 5 nitrogen and oxygen atoms in total. The Morgan fingerprint density at radius 3 is 2.40 bits per heavy atom. The molecule has 3 aliphatic rings. The molecule has 5 rings (SSSR count). The standard InChI is InChI=1S/C24H20BrNO4/c1-13-10-16-11-19(13)21-20(16)22(27)26(23(21)28)18-8-4-15(5-9-18)24(29)30-12-14-2-6-17(25)7-3-14/h2-10,16,19-21H,11-12H2,1H3/t16-,19+,20+,21+/m0/s1. The van der Waals surface area contributed by atoms with Gasteiger partial charge in [0, 0.05) is 4.47 Å². The summed E-state index contributed by atoms with van der Waals surface area (Å²) < 4.78 is 6.32. The summed E-state index contributed by atoms with van der Waals surface area (Å²) in [5, 5.41) is 0. The minimum Gasteiger partial charge on any atom is -0.457 e. The first kappa shape index (κ1) is 19.2. The fourth-order valence-corrected chi connectivity index (χ4v) is 5.35. The summed E-state index contributed by atoms with van der Waals surface area (Å²) in [5.41, 5.74) is 3.02. The van der Waals surface area contributed by atoms with Gasteiger partial charge in [0.25, 0.3) is 0 Å². The molecule has 152 valence electrons. The lowest BCUT2D eigenvalue weighted by Gasteiger charge is -2.19. The molecule has 1 saturated heterocycles. The van der Waals surface area contributed by atoms with Crippen molar-refractivity contribution in [2.24, 2.45) is 23.7 Å². The van der Waals surface area contributed by atoms with Gasteiger partial charge in [-0.1, -0.05) is 39.7 Å². The van der Waals surface area contributed by atoms with E-state index >= 15 is 0 Å². The summed E-state index contributed by atoms with van der Waals surface area (Å²) in [6.07, 6.45) is 3.07. The Labute approximate surface area is 182 Å². The van der Waals surface area contributed by atoms with Crippen molar-refractivity contribution < 1.29 is 19.1 Å². The number of ether oxygens (including phenoxy) is 1. The summed E-state index contributed by atoms with van der Waals surface area (Å²) in [5.74, 6) is -0.783. The van der Waals surface area contributed by atoms with Gasteiger partial charge >= 0.3 is 5.97 Å². The molecular weight excluding hydrogens is 446 g/mol. The fourth-order valence-electron chi connectivity index (χ4n) is 5.09. The van der Waals surface area contributed by atoms with E-state index in [9.17, 15) is 14.4 Å². The van der Waals surface area contributed by atoms with Crippen molar-refractivity contribution in [1.29, 1.82) is 0 Å². The predicted octanol–water partition coefficient (Wildman–Crippen LogP) is 4.51. The maximum absolute atomic E-state index is 13.0. The van der Waals surface area contributed by atoms with Crippen LogP contribution in [-0.4, -0.2) is 17.8 Å². The second kappa shape index (κ2) is 7.20. The molecule has 2 aliphatic carbocycles. The molecule has 0 radical (unpaired) electrons. The van der Waals surface area contributed by atoms with Gasteiger partial charge in [-0.3, -0.25) is 14.5 Å². The van der Waals surface area contributed by atoms with Crippen molar-refractivity contribution >= 4 is 39.4 Å². The van der Waals surface area contributed by atoms with Gasteiger partial charge in [-0.05, 0) is 67.1 Å².